The van der Waals surface area contributed by atoms with Crippen molar-refractivity contribution in [1.29, 1.82) is 0 Å². The molecule has 1 unspecified atom stereocenters. The van der Waals surface area contributed by atoms with E-state index >= 15 is 0 Å². The van der Waals surface area contributed by atoms with E-state index in [0.717, 1.165) is 61.9 Å². The molecule has 0 aliphatic carbocycles. The smallest absolute Gasteiger partial charge is 0.255 e. The van der Waals surface area contributed by atoms with E-state index in [1.165, 1.54) is 6.33 Å². The number of nitrogens with two attached hydrogens (primary N) is 1. The lowest BCUT2D eigenvalue weighted by Gasteiger charge is -2.35. The van der Waals surface area contributed by atoms with Gasteiger partial charge >= 0.3 is 0 Å². The van der Waals surface area contributed by atoms with Gasteiger partial charge in [-0.05, 0) is 56.5 Å². The van der Waals surface area contributed by atoms with Crippen LogP contribution >= 0.6 is 11.6 Å². The van der Waals surface area contributed by atoms with Gasteiger partial charge in [0.15, 0.2) is 0 Å². The van der Waals surface area contributed by atoms with Crippen molar-refractivity contribution in [3.05, 3.63) is 46.9 Å². The average molecular weight is 425 g/mol. The summed E-state index contributed by atoms with van der Waals surface area (Å²) in [5.41, 5.74) is 8.55. The number of carbonyl (C=O) groups is 1. The number of hydrogen-bond donors (Lipinski definition) is 1. The van der Waals surface area contributed by atoms with Gasteiger partial charge < -0.3 is 20.1 Å². The highest BCUT2D eigenvalue weighted by Crippen LogP contribution is 2.40. The quantitative estimate of drug-likeness (QED) is 0.697. The van der Waals surface area contributed by atoms with Gasteiger partial charge in [0.05, 0.1) is 16.1 Å². The van der Waals surface area contributed by atoms with Crippen molar-refractivity contribution < 1.29 is 4.79 Å². The number of halogens is 1. The normalized spacial score (nSPS) is 19.8. The molecule has 7 nitrogen and oxygen atoms in total. The van der Waals surface area contributed by atoms with Gasteiger partial charge in [-0.25, -0.2) is 9.97 Å². The molecule has 8 heteroatoms. The van der Waals surface area contributed by atoms with Crippen molar-refractivity contribution in [2.24, 2.45) is 0 Å². The van der Waals surface area contributed by atoms with Crippen molar-refractivity contribution in [3.8, 4) is 5.82 Å². The second-order valence-corrected chi connectivity index (χ2v) is 8.72. The third kappa shape index (κ3) is 3.22. The fraction of sp³-hybridized carbons (Fsp3) is 0.409. The van der Waals surface area contributed by atoms with Crippen molar-refractivity contribution >= 4 is 34.2 Å². The molecule has 1 aromatic carbocycles. The van der Waals surface area contributed by atoms with Gasteiger partial charge in [-0.15, -0.1) is 0 Å². The Kier molecular flexibility index (Phi) is 4.87. The minimum atomic E-state index is 0.0513. The first-order valence-electron chi connectivity index (χ1n) is 10.4. The number of nitrogen functional groups attached to an aromatic ring is 1. The molecule has 0 saturated carbocycles. The number of amides is 1. The molecule has 0 radical (unpaired) electrons. The molecule has 156 valence electrons. The number of piperidine rings is 1. The van der Waals surface area contributed by atoms with E-state index in [1.807, 2.05) is 21.7 Å². The summed E-state index contributed by atoms with van der Waals surface area (Å²) in [5, 5.41) is 1.56. The number of benzene rings is 1. The number of fused-ring (bicyclic) bond motifs is 1. The van der Waals surface area contributed by atoms with Crippen LogP contribution in [0.4, 0.5) is 5.82 Å². The lowest BCUT2D eigenvalue weighted by atomic mass is 9.85. The molecule has 2 N–H and O–H groups in total. The predicted octanol–water partition coefficient (Wildman–Crippen LogP) is 3.31. The molecule has 2 saturated heterocycles. The molecule has 5 rings (SSSR count). The number of nitrogens with zero attached hydrogens (tertiary/aromatic N) is 5. The molecule has 4 heterocycles. The average Bonchev–Trinajstić information content (AvgIpc) is 3.08. The first-order valence-corrected chi connectivity index (χ1v) is 10.8. The maximum Gasteiger partial charge on any atom is 0.255 e. The SMILES string of the molecule is CN1CCCC(c2c(C(=O)N3CCC3)c(Cl)cc3c2ccn3-c2cc(N)ncn2)C1. The van der Waals surface area contributed by atoms with E-state index in [4.69, 9.17) is 17.3 Å². The number of aromatic nitrogens is 3. The van der Waals surface area contributed by atoms with Crippen LogP contribution in [0.3, 0.4) is 0 Å². The maximum absolute atomic E-state index is 13.3. The molecule has 0 spiro atoms. The molecular formula is C22H25ClN6O. The van der Waals surface area contributed by atoms with Gasteiger partial charge in [-0.2, -0.15) is 0 Å². The van der Waals surface area contributed by atoms with Gasteiger partial charge in [0, 0.05) is 37.3 Å². The molecule has 30 heavy (non-hydrogen) atoms. The number of anilines is 1. The van der Waals surface area contributed by atoms with Crippen molar-refractivity contribution in [1.82, 2.24) is 24.3 Å². The van der Waals surface area contributed by atoms with E-state index in [0.29, 0.717) is 22.2 Å². The zero-order valence-corrected chi connectivity index (χ0v) is 17.8. The summed E-state index contributed by atoms with van der Waals surface area (Å²) in [5.74, 6) is 1.40. The Morgan fingerprint density at radius 3 is 2.73 bits per heavy atom. The van der Waals surface area contributed by atoms with Crippen LogP contribution in [0.2, 0.25) is 5.02 Å². The molecule has 2 aliphatic rings. The monoisotopic (exact) mass is 424 g/mol. The van der Waals surface area contributed by atoms with Gasteiger partial charge in [0.1, 0.15) is 18.0 Å². The first kappa shape index (κ1) is 19.3. The Labute approximate surface area is 180 Å². The van der Waals surface area contributed by atoms with Crippen LogP contribution in [-0.2, 0) is 0 Å². The van der Waals surface area contributed by atoms with Crippen LogP contribution in [0, 0.1) is 0 Å². The van der Waals surface area contributed by atoms with Crippen molar-refractivity contribution in [2.75, 3.05) is 39.0 Å². The van der Waals surface area contributed by atoms with Crippen LogP contribution in [0.25, 0.3) is 16.7 Å². The van der Waals surface area contributed by atoms with Gasteiger partial charge in [0.25, 0.3) is 5.91 Å². The van der Waals surface area contributed by atoms with E-state index in [2.05, 4.69) is 28.0 Å². The highest BCUT2D eigenvalue weighted by molar-refractivity contribution is 6.35. The minimum Gasteiger partial charge on any atom is -0.384 e. The third-order valence-electron chi connectivity index (χ3n) is 6.30. The molecule has 1 amide bonds. The lowest BCUT2D eigenvalue weighted by Crippen LogP contribution is -2.43. The molecule has 3 aromatic rings. The third-order valence-corrected chi connectivity index (χ3v) is 6.60. The first-order chi connectivity index (χ1) is 14.5. The zero-order chi connectivity index (χ0) is 20.8. The Hall–Kier alpha value is -2.64. The minimum absolute atomic E-state index is 0.0513. The van der Waals surface area contributed by atoms with Crippen LogP contribution in [0.15, 0.2) is 30.7 Å². The Balaban J connectivity index is 1.72. The highest BCUT2D eigenvalue weighted by Gasteiger charge is 2.32. The maximum atomic E-state index is 13.3. The largest absolute Gasteiger partial charge is 0.384 e. The van der Waals surface area contributed by atoms with Gasteiger partial charge in [-0.1, -0.05) is 11.6 Å². The second kappa shape index (κ2) is 7.56. The van der Waals surface area contributed by atoms with Gasteiger partial charge in [-0.3, -0.25) is 4.79 Å². The van der Waals surface area contributed by atoms with Crippen LogP contribution in [-0.4, -0.2) is 63.5 Å². The van der Waals surface area contributed by atoms with Crippen LogP contribution < -0.4 is 5.73 Å². The lowest BCUT2D eigenvalue weighted by molar-refractivity contribution is 0.0650. The molecule has 2 fully saturated rings. The number of likely N-dealkylation sites (tertiary alicyclic amines) is 2. The molecule has 1 atom stereocenters. The molecule has 0 bridgehead atoms. The summed E-state index contributed by atoms with van der Waals surface area (Å²) in [6.07, 6.45) is 6.63. The predicted molar refractivity (Wildman–Crippen MR) is 118 cm³/mol. The Bertz CT molecular complexity index is 1120. The number of rotatable bonds is 3. The Morgan fingerprint density at radius 2 is 2.03 bits per heavy atom. The number of carbonyl (C=O) groups excluding carboxylic acids is 1. The molecule has 2 aliphatic heterocycles. The molecular weight excluding hydrogens is 400 g/mol. The summed E-state index contributed by atoms with van der Waals surface area (Å²) in [6, 6.07) is 5.69. The van der Waals surface area contributed by atoms with Crippen LogP contribution in [0.1, 0.15) is 41.1 Å². The summed E-state index contributed by atoms with van der Waals surface area (Å²) >= 11 is 6.80. The summed E-state index contributed by atoms with van der Waals surface area (Å²) in [4.78, 5) is 25.9. The van der Waals surface area contributed by atoms with E-state index in [1.54, 1.807) is 6.07 Å². The summed E-state index contributed by atoms with van der Waals surface area (Å²) in [7, 11) is 2.14. The zero-order valence-electron chi connectivity index (χ0n) is 17.0. The van der Waals surface area contributed by atoms with Crippen LogP contribution in [0.5, 0.6) is 0 Å². The van der Waals surface area contributed by atoms with E-state index in [-0.39, 0.29) is 11.8 Å². The fourth-order valence-electron chi connectivity index (χ4n) is 4.69. The molecule has 2 aromatic heterocycles. The summed E-state index contributed by atoms with van der Waals surface area (Å²) in [6.45, 7) is 3.61. The Morgan fingerprint density at radius 1 is 1.20 bits per heavy atom. The topological polar surface area (TPSA) is 80.3 Å². The van der Waals surface area contributed by atoms with Crippen molar-refractivity contribution in [2.45, 2.75) is 25.2 Å². The van der Waals surface area contributed by atoms with E-state index < -0.39 is 0 Å². The van der Waals surface area contributed by atoms with Crippen molar-refractivity contribution in [3.63, 3.8) is 0 Å². The highest BCUT2D eigenvalue weighted by atomic mass is 35.5. The summed E-state index contributed by atoms with van der Waals surface area (Å²) < 4.78 is 1.97. The number of likely N-dealkylation sites (N-methyl/N-ethyl adjacent to an activating group) is 1. The fourth-order valence-corrected chi connectivity index (χ4v) is 4.97. The number of hydrogen-bond acceptors (Lipinski definition) is 5. The standard InChI is InChI=1S/C22H25ClN6O/c1-27-6-2-4-14(12-27)20-15-5-9-29(19-11-18(24)25-13-26-19)17(15)10-16(23)21(20)22(30)28-7-3-8-28/h5,9-11,13-14H,2-4,6-8,12H2,1H3,(H2,24,25,26). The van der Waals surface area contributed by atoms with E-state index in [9.17, 15) is 4.79 Å². The van der Waals surface area contributed by atoms with Gasteiger partial charge in [0.2, 0.25) is 0 Å². The second-order valence-electron chi connectivity index (χ2n) is 8.31.